The summed E-state index contributed by atoms with van der Waals surface area (Å²) in [6.45, 7) is 6.26. The van der Waals surface area contributed by atoms with Crippen molar-refractivity contribution in [1.29, 1.82) is 0 Å². The number of piperidine rings is 2. The molecule has 2 aliphatic rings. The van der Waals surface area contributed by atoms with E-state index in [1.54, 1.807) is 11.0 Å². The monoisotopic (exact) mass is 406 g/mol. The maximum atomic E-state index is 14.0. The van der Waals surface area contributed by atoms with Gasteiger partial charge in [-0.15, -0.1) is 0 Å². The van der Waals surface area contributed by atoms with Gasteiger partial charge in [0.1, 0.15) is 5.82 Å². The van der Waals surface area contributed by atoms with Gasteiger partial charge < -0.3 is 25.1 Å². The van der Waals surface area contributed by atoms with Crippen molar-refractivity contribution in [2.45, 2.75) is 44.8 Å². The van der Waals surface area contributed by atoms with Crippen molar-refractivity contribution in [2.24, 2.45) is 5.92 Å². The molecule has 0 bridgehead atoms. The zero-order chi connectivity index (χ0) is 21.0. The molecule has 0 radical (unpaired) electrons. The van der Waals surface area contributed by atoms with Gasteiger partial charge in [-0.1, -0.05) is 0 Å². The predicted octanol–water partition coefficient (Wildman–Crippen LogP) is 2.83. The van der Waals surface area contributed by atoms with Gasteiger partial charge in [-0.05, 0) is 76.9 Å². The summed E-state index contributed by atoms with van der Waals surface area (Å²) in [5, 5.41) is 12.8. The average molecular weight is 407 g/mol. The lowest BCUT2D eigenvalue weighted by Gasteiger charge is -2.34. The lowest BCUT2D eigenvalue weighted by Crippen LogP contribution is -2.43. The largest absolute Gasteiger partial charge is 0.393 e. The van der Waals surface area contributed by atoms with Gasteiger partial charge >= 0.3 is 6.03 Å². The molecule has 3 rings (SSSR count). The van der Waals surface area contributed by atoms with Crippen LogP contribution in [0.4, 0.5) is 14.9 Å². The lowest BCUT2D eigenvalue weighted by atomic mass is 9.97. The minimum Gasteiger partial charge on any atom is -0.393 e. The molecule has 0 aliphatic carbocycles. The van der Waals surface area contributed by atoms with Crippen molar-refractivity contribution in [3.8, 4) is 0 Å². The minimum atomic E-state index is -0.306. The molecule has 0 aromatic heterocycles. The third kappa shape index (κ3) is 5.82. The van der Waals surface area contributed by atoms with E-state index in [9.17, 15) is 14.3 Å². The van der Waals surface area contributed by atoms with Crippen LogP contribution in [0, 0.1) is 11.7 Å². The van der Waals surface area contributed by atoms with E-state index in [1.807, 2.05) is 14.0 Å². The molecule has 2 fully saturated rings. The Bertz CT molecular complexity index is 685. The Hall–Kier alpha value is -1.86. The standard InChI is InChI=1S/C22H35FN4O2/c1-16(24-22(29)26(3)15-17-6-10-25(2)11-7-17)20-14-18(23)4-5-21(20)27-12-8-19(28)9-13-27/h4-5,14,16-17,19,28H,6-13,15H2,1-3H3,(H,24,29). The van der Waals surface area contributed by atoms with Gasteiger partial charge in [0.2, 0.25) is 0 Å². The molecule has 6 nitrogen and oxygen atoms in total. The van der Waals surface area contributed by atoms with Gasteiger partial charge in [-0.25, -0.2) is 9.18 Å². The molecule has 1 aromatic rings. The third-order valence-electron chi connectivity index (χ3n) is 6.32. The number of aliphatic hydroxyl groups is 1. The van der Waals surface area contributed by atoms with E-state index in [0.717, 1.165) is 56.8 Å². The number of amides is 2. The van der Waals surface area contributed by atoms with Crippen LogP contribution in [-0.2, 0) is 0 Å². The molecule has 29 heavy (non-hydrogen) atoms. The first-order chi connectivity index (χ1) is 13.8. The molecule has 2 amide bonds. The molecule has 1 unspecified atom stereocenters. The van der Waals surface area contributed by atoms with Gasteiger partial charge in [-0.3, -0.25) is 0 Å². The second-order valence-corrected chi connectivity index (χ2v) is 8.72. The number of likely N-dealkylation sites (tertiary alicyclic amines) is 1. The fourth-order valence-corrected chi connectivity index (χ4v) is 4.35. The molecule has 2 saturated heterocycles. The van der Waals surface area contributed by atoms with Crippen LogP contribution in [0.5, 0.6) is 0 Å². The molecule has 1 atom stereocenters. The molecule has 2 aliphatic heterocycles. The summed E-state index contributed by atoms with van der Waals surface area (Å²) in [6.07, 6.45) is 3.37. The highest BCUT2D eigenvalue weighted by Crippen LogP contribution is 2.30. The fourth-order valence-electron chi connectivity index (χ4n) is 4.35. The lowest BCUT2D eigenvalue weighted by molar-refractivity contribution is 0.145. The number of rotatable bonds is 5. The zero-order valence-electron chi connectivity index (χ0n) is 17.9. The Kier molecular flexibility index (Phi) is 7.35. The first-order valence-corrected chi connectivity index (χ1v) is 10.8. The zero-order valence-corrected chi connectivity index (χ0v) is 17.9. The van der Waals surface area contributed by atoms with Gasteiger partial charge in [0.15, 0.2) is 0 Å². The van der Waals surface area contributed by atoms with Crippen LogP contribution < -0.4 is 10.2 Å². The number of hydrogen-bond donors (Lipinski definition) is 2. The predicted molar refractivity (Wildman–Crippen MR) is 114 cm³/mol. The summed E-state index contributed by atoms with van der Waals surface area (Å²) < 4.78 is 14.0. The molecule has 1 aromatic carbocycles. The van der Waals surface area contributed by atoms with Crippen LogP contribution in [0.3, 0.4) is 0 Å². The van der Waals surface area contributed by atoms with E-state index in [0.29, 0.717) is 18.8 Å². The normalized spacial score (nSPS) is 20.5. The first-order valence-electron chi connectivity index (χ1n) is 10.8. The van der Waals surface area contributed by atoms with Crippen LogP contribution in [-0.4, -0.2) is 73.9 Å². The summed E-state index contributed by atoms with van der Waals surface area (Å²) in [4.78, 5) is 19.0. The van der Waals surface area contributed by atoms with E-state index in [1.165, 1.54) is 12.1 Å². The first kappa shape index (κ1) is 21.8. The number of halogens is 1. The molecule has 0 spiro atoms. The van der Waals surface area contributed by atoms with E-state index < -0.39 is 0 Å². The highest BCUT2D eigenvalue weighted by molar-refractivity contribution is 5.75. The van der Waals surface area contributed by atoms with Crippen LogP contribution >= 0.6 is 0 Å². The number of nitrogens with zero attached hydrogens (tertiary/aromatic N) is 3. The summed E-state index contributed by atoms with van der Waals surface area (Å²) in [5.74, 6) is 0.225. The fraction of sp³-hybridized carbons (Fsp3) is 0.682. The second kappa shape index (κ2) is 9.76. The maximum Gasteiger partial charge on any atom is 0.317 e. The van der Waals surface area contributed by atoms with Crippen molar-refractivity contribution in [3.05, 3.63) is 29.6 Å². The number of anilines is 1. The number of hydrogen-bond acceptors (Lipinski definition) is 4. The van der Waals surface area contributed by atoms with E-state index in [2.05, 4.69) is 22.2 Å². The van der Waals surface area contributed by atoms with Crippen molar-refractivity contribution in [2.75, 3.05) is 51.7 Å². The number of carbonyl (C=O) groups excluding carboxylic acids is 1. The number of benzene rings is 1. The van der Waals surface area contributed by atoms with Crippen LogP contribution in [0.1, 0.15) is 44.2 Å². The summed E-state index contributed by atoms with van der Waals surface area (Å²) in [7, 11) is 3.97. The van der Waals surface area contributed by atoms with Crippen molar-refractivity contribution < 1.29 is 14.3 Å². The maximum absolute atomic E-state index is 14.0. The topological polar surface area (TPSA) is 59.1 Å². The average Bonchev–Trinajstić information content (AvgIpc) is 2.70. The quantitative estimate of drug-likeness (QED) is 0.790. The number of carbonyl (C=O) groups is 1. The third-order valence-corrected chi connectivity index (χ3v) is 6.32. The molecular formula is C22H35FN4O2. The van der Waals surface area contributed by atoms with E-state index in [4.69, 9.17) is 0 Å². The van der Waals surface area contributed by atoms with Crippen LogP contribution in [0.2, 0.25) is 0 Å². The molecule has 0 saturated carbocycles. The van der Waals surface area contributed by atoms with Gasteiger partial charge in [0, 0.05) is 37.9 Å². The Morgan fingerprint density at radius 2 is 1.90 bits per heavy atom. The van der Waals surface area contributed by atoms with Crippen LogP contribution in [0.25, 0.3) is 0 Å². The summed E-state index contributed by atoms with van der Waals surface area (Å²) >= 11 is 0. The summed E-state index contributed by atoms with van der Waals surface area (Å²) in [6, 6.07) is 4.33. The highest BCUT2D eigenvalue weighted by Gasteiger charge is 2.24. The molecular weight excluding hydrogens is 371 g/mol. The molecule has 2 N–H and O–H groups in total. The SMILES string of the molecule is CC(NC(=O)N(C)CC1CCN(C)CC1)c1cc(F)ccc1N1CCC(O)CC1. The molecule has 7 heteroatoms. The highest BCUT2D eigenvalue weighted by atomic mass is 19.1. The van der Waals surface area contributed by atoms with Crippen molar-refractivity contribution in [1.82, 2.24) is 15.1 Å². The van der Waals surface area contributed by atoms with E-state index in [-0.39, 0.29) is 24.0 Å². The van der Waals surface area contributed by atoms with Crippen molar-refractivity contribution >= 4 is 11.7 Å². The van der Waals surface area contributed by atoms with Crippen LogP contribution in [0.15, 0.2) is 18.2 Å². The molecule has 2 heterocycles. The Balaban J connectivity index is 1.62. The van der Waals surface area contributed by atoms with Gasteiger partial charge in [0.05, 0.1) is 12.1 Å². The second-order valence-electron chi connectivity index (χ2n) is 8.72. The van der Waals surface area contributed by atoms with Gasteiger partial charge in [0.25, 0.3) is 0 Å². The van der Waals surface area contributed by atoms with Crippen molar-refractivity contribution in [3.63, 3.8) is 0 Å². The number of nitrogens with one attached hydrogen (secondary N) is 1. The minimum absolute atomic E-state index is 0.124. The Morgan fingerprint density at radius 1 is 1.24 bits per heavy atom. The number of aliphatic hydroxyl groups excluding tert-OH is 1. The summed E-state index contributed by atoms with van der Waals surface area (Å²) in [5.41, 5.74) is 1.71. The number of urea groups is 1. The van der Waals surface area contributed by atoms with E-state index >= 15 is 0 Å². The smallest absolute Gasteiger partial charge is 0.317 e. The Labute approximate surface area is 173 Å². The van der Waals surface area contributed by atoms with Gasteiger partial charge in [-0.2, -0.15) is 0 Å². The Morgan fingerprint density at radius 3 is 2.55 bits per heavy atom. The molecule has 162 valence electrons.